The topological polar surface area (TPSA) is 12.4 Å². The SMILES string of the molecule is Cc1cccc2c1N=c1c(C)cccc1=S2I. The number of aryl methyl sites for hydroxylation is 2. The van der Waals surface area contributed by atoms with E-state index in [9.17, 15) is 0 Å². The third-order valence-electron chi connectivity index (χ3n) is 3.01. The van der Waals surface area contributed by atoms with Crippen LogP contribution in [-0.4, -0.2) is 0 Å². The molecule has 3 rings (SSSR count). The average molecular weight is 353 g/mol. The summed E-state index contributed by atoms with van der Waals surface area (Å²) in [6, 6.07) is 12.9. The first-order chi connectivity index (χ1) is 8.18. The Morgan fingerprint density at radius 1 is 1.00 bits per heavy atom. The Morgan fingerprint density at radius 3 is 2.53 bits per heavy atom. The zero-order valence-electron chi connectivity index (χ0n) is 9.70. The van der Waals surface area contributed by atoms with Crippen LogP contribution in [0, 0.1) is 18.4 Å². The molecule has 0 spiro atoms. The number of halogens is 1. The molecule has 1 aliphatic rings. The molecule has 2 aromatic rings. The molecule has 3 heteroatoms. The van der Waals surface area contributed by atoms with Gasteiger partial charge in [-0.05, 0) is 58.3 Å². The second kappa shape index (κ2) is 4.21. The van der Waals surface area contributed by atoms with Crippen molar-refractivity contribution in [2.24, 2.45) is 4.99 Å². The van der Waals surface area contributed by atoms with E-state index in [1.54, 1.807) is 0 Å². The van der Waals surface area contributed by atoms with Gasteiger partial charge in [0.15, 0.2) is 0 Å². The van der Waals surface area contributed by atoms with Gasteiger partial charge in [-0.25, -0.2) is 4.99 Å². The van der Waals surface area contributed by atoms with Crippen molar-refractivity contribution in [1.82, 2.24) is 0 Å². The van der Waals surface area contributed by atoms with Gasteiger partial charge in [0.25, 0.3) is 0 Å². The zero-order valence-corrected chi connectivity index (χ0v) is 12.7. The summed E-state index contributed by atoms with van der Waals surface area (Å²) in [7, 11) is 0.116. The van der Waals surface area contributed by atoms with E-state index in [-0.39, 0.29) is 7.66 Å². The van der Waals surface area contributed by atoms with Crippen LogP contribution < -0.4 is 5.36 Å². The van der Waals surface area contributed by atoms with E-state index < -0.39 is 0 Å². The predicted molar refractivity (Wildman–Crippen MR) is 81.9 cm³/mol. The molecule has 0 N–H and O–H groups in total. The second-order valence-corrected chi connectivity index (χ2v) is 8.25. The lowest BCUT2D eigenvalue weighted by atomic mass is 10.2. The van der Waals surface area contributed by atoms with Gasteiger partial charge in [-0.2, -0.15) is 0 Å². The first-order valence-electron chi connectivity index (χ1n) is 5.50. The summed E-state index contributed by atoms with van der Waals surface area (Å²) in [5.74, 6) is 0. The lowest BCUT2D eigenvalue weighted by Gasteiger charge is -2.14. The zero-order chi connectivity index (χ0) is 12.0. The fourth-order valence-corrected chi connectivity index (χ4v) is 5.59. The minimum absolute atomic E-state index is 0.116. The molecule has 0 saturated heterocycles. The van der Waals surface area contributed by atoms with E-state index in [4.69, 9.17) is 4.99 Å². The third-order valence-corrected chi connectivity index (χ3v) is 7.29. The number of para-hydroxylation sites is 2. The Morgan fingerprint density at radius 2 is 1.71 bits per heavy atom. The molecule has 1 aliphatic heterocycles. The molecule has 0 bridgehead atoms. The Balaban J connectivity index is 2.53. The van der Waals surface area contributed by atoms with Gasteiger partial charge in [-0.1, -0.05) is 31.9 Å². The Kier molecular flexibility index (Phi) is 2.83. The van der Waals surface area contributed by atoms with Crippen LogP contribution in [0.15, 0.2) is 46.3 Å². The summed E-state index contributed by atoms with van der Waals surface area (Å²) in [4.78, 5) is 6.23. The van der Waals surface area contributed by atoms with Crippen LogP contribution in [0.3, 0.4) is 0 Å². The van der Waals surface area contributed by atoms with Gasteiger partial charge in [0.05, 0.1) is 11.0 Å². The van der Waals surface area contributed by atoms with Crippen LogP contribution in [0.25, 0.3) is 0 Å². The molecule has 0 saturated carbocycles. The summed E-state index contributed by atoms with van der Waals surface area (Å²) >= 11 is 2.54. The van der Waals surface area contributed by atoms with Crippen molar-refractivity contribution in [3.63, 3.8) is 0 Å². The maximum absolute atomic E-state index is 4.86. The van der Waals surface area contributed by atoms with Crippen LogP contribution >= 0.6 is 28.9 Å². The first-order valence-corrected chi connectivity index (χ1v) is 9.27. The van der Waals surface area contributed by atoms with Crippen LogP contribution in [0.5, 0.6) is 0 Å². The fraction of sp³-hybridized carbons (Fsp3) is 0.143. The van der Waals surface area contributed by atoms with Gasteiger partial charge < -0.3 is 0 Å². The number of nitrogens with zero attached hydrogens (tertiary/aromatic N) is 1. The largest absolute Gasteiger partial charge is 0.246 e. The van der Waals surface area contributed by atoms with Gasteiger partial charge in [0.1, 0.15) is 0 Å². The van der Waals surface area contributed by atoms with Crippen molar-refractivity contribution in [1.29, 1.82) is 0 Å². The molecule has 0 amide bonds. The predicted octanol–water partition coefficient (Wildman–Crippen LogP) is 4.50. The third kappa shape index (κ3) is 1.76. The van der Waals surface area contributed by atoms with E-state index in [2.05, 4.69) is 71.5 Å². The summed E-state index contributed by atoms with van der Waals surface area (Å²) in [6.45, 7) is 4.28. The number of hydrogen-bond acceptors (Lipinski definition) is 1. The van der Waals surface area contributed by atoms with Gasteiger partial charge in [0, 0.05) is 9.41 Å². The number of rotatable bonds is 0. The number of benzene rings is 2. The van der Waals surface area contributed by atoms with Crippen molar-refractivity contribution >= 4 is 34.5 Å². The highest BCUT2D eigenvalue weighted by Gasteiger charge is 2.12. The molecule has 1 heterocycles. The maximum Gasteiger partial charge on any atom is 0.0805 e. The van der Waals surface area contributed by atoms with Crippen molar-refractivity contribution in [3.8, 4) is 0 Å². The first kappa shape index (κ1) is 11.4. The van der Waals surface area contributed by atoms with E-state index in [0.29, 0.717) is 0 Å². The smallest absolute Gasteiger partial charge is 0.0805 e. The molecular formula is C14H12INS. The highest BCUT2D eigenvalue weighted by molar-refractivity contribution is 14.2. The van der Waals surface area contributed by atoms with E-state index in [1.165, 1.54) is 31.6 Å². The molecule has 2 aromatic carbocycles. The minimum Gasteiger partial charge on any atom is -0.246 e. The van der Waals surface area contributed by atoms with E-state index >= 15 is 0 Å². The van der Waals surface area contributed by atoms with Crippen LogP contribution in [0.1, 0.15) is 11.1 Å². The standard InChI is InChI=1S/C14H12INS/c1-9-5-3-7-11-13(9)16-14-10(2)6-4-8-12(14)17(11)15/h3-8H,1-2H3. The lowest BCUT2D eigenvalue weighted by Crippen LogP contribution is -2.10. The quantitative estimate of drug-likeness (QED) is 0.489. The Labute approximate surface area is 115 Å². The van der Waals surface area contributed by atoms with Crippen molar-refractivity contribution in [2.45, 2.75) is 18.7 Å². The highest BCUT2D eigenvalue weighted by atomic mass is 127. The van der Waals surface area contributed by atoms with Gasteiger partial charge in [-0.3, -0.25) is 0 Å². The summed E-state index contributed by atoms with van der Waals surface area (Å²) < 4.78 is 1.36. The summed E-state index contributed by atoms with van der Waals surface area (Å²) in [5.41, 5.74) is 3.71. The van der Waals surface area contributed by atoms with E-state index in [1.807, 2.05) is 0 Å². The minimum atomic E-state index is 0.116. The molecule has 1 unspecified atom stereocenters. The van der Waals surface area contributed by atoms with Gasteiger partial charge in [-0.15, -0.1) is 0 Å². The van der Waals surface area contributed by atoms with E-state index in [0.717, 1.165) is 0 Å². The van der Waals surface area contributed by atoms with Gasteiger partial charge >= 0.3 is 0 Å². The molecule has 86 valence electrons. The Hall–Kier alpha value is -0.680. The molecular weight excluding hydrogens is 341 g/mol. The molecule has 0 aromatic heterocycles. The number of fused-ring (bicyclic) bond motifs is 2. The molecule has 1 atom stereocenters. The average Bonchev–Trinajstić information content (AvgIpc) is 2.32. The van der Waals surface area contributed by atoms with Crippen LogP contribution in [0.2, 0.25) is 0 Å². The fourth-order valence-electron chi connectivity index (χ4n) is 2.07. The summed E-state index contributed by atoms with van der Waals surface area (Å²) in [5, 5.41) is 1.17. The molecule has 0 fully saturated rings. The van der Waals surface area contributed by atoms with Crippen molar-refractivity contribution in [2.75, 3.05) is 0 Å². The van der Waals surface area contributed by atoms with Crippen molar-refractivity contribution in [3.05, 3.63) is 57.4 Å². The Bertz CT molecular complexity index is 734. The van der Waals surface area contributed by atoms with Crippen molar-refractivity contribution < 1.29 is 0 Å². The highest BCUT2D eigenvalue weighted by Crippen LogP contribution is 2.45. The van der Waals surface area contributed by atoms with Crippen LogP contribution in [-0.2, 0) is 0 Å². The second-order valence-electron chi connectivity index (χ2n) is 4.21. The maximum atomic E-state index is 4.86. The lowest BCUT2D eigenvalue weighted by molar-refractivity contribution is 1.18. The molecule has 1 nitrogen and oxygen atoms in total. The molecule has 17 heavy (non-hydrogen) atoms. The monoisotopic (exact) mass is 353 g/mol. The van der Waals surface area contributed by atoms with Crippen LogP contribution in [0.4, 0.5) is 5.69 Å². The molecule has 0 radical (unpaired) electrons. The number of hydrogen-bond donors (Lipinski definition) is 0. The normalized spacial score (nSPS) is 17.0. The van der Waals surface area contributed by atoms with Gasteiger partial charge in [0.2, 0.25) is 0 Å². The summed E-state index contributed by atoms with van der Waals surface area (Å²) in [6.07, 6.45) is 0. The molecule has 0 aliphatic carbocycles.